The summed E-state index contributed by atoms with van der Waals surface area (Å²) in [4.78, 5) is 26.0. The van der Waals surface area contributed by atoms with E-state index >= 15 is 0 Å². The number of benzene rings is 2. The van der Waals surface area contributed by atoms with Crippen LogP contribution < -0.4 is 10.5 Å². The lowest BCUT2D eigenvalue weighted by atomic mass is 9.78. The molecule has 0 aliphatic carbocycles. The number of nitrogens with zero attached hydrogens (tertiary/aromatic N) is 2. The third-order valence-corrected chi connectivity index (χ3v) is 8.39. The van der Waals surface area contributed by atoms with E-state index in [4.69, 9.17) is 15.9 Å². The monoisotopic (exact) mass is 525 g/mol. The van der Waals surface area contributed by atoms with E-state index in [9.17, 15) is 14.7 Å². The number of rotatable bonds is 11. The SMILES string of the molecule is C[C@H]1C(COc2cccc3c(C[N+](C)(C)CCCSC(=N)N)cccc23)=C(C=O)N2C(=O)[C@H]([C@@H](C)O)C12. The summed E-state index contributed by atoms with van der Waals surface area (Å²) in [6.07, 6.45) is 0.956. The maximum absolute atomic E-state index is 12.6. The van der Waals surface area contributed by atoms with Crippen LogP contribution in [0.5, 0.6) is 5.75 Å². The minimum Gasteiger partial charge on any atom is -0.489 e. The van der Waals surface area contributed by atoms with Gasteiger partial charge in [0.2, 0.25) is 5.91 Å². The number of thioether (sulfide) groups is 1. The maximum Gasteiger partial charge on any atom is 0.235 e. The number of aliphatic hydroxyl groups is 1. The first-order valence-corrected chi connectivity index (χ1v) is 13.7. The van der Waals surface area contributed by atoms with Gasteiger partial charge in [0.15, 0.2) is 11.5 Å². The van der Waals surface area contributed by atoms with Crippen molar-refractivity contribution in [3.8, 4) is 5.75 Å². The minimum absolute atomic E-state index is 0.0673. The smallest absolute Gasteiger partial charge is 0.235 e. The largest absolute Gasteiger partial charge is 0.489 e. The molecule has 2 heterocycles. The Morgan fingerprint density at radius 3 is 2.65 bits per heavy atom. The second-order valence-electron chi connectivity index (χ2n) is 10.7. The van der Waals surface area contributed by atoms with Gasteiger partial charge in [-0.1, -0.05) is 49.0 Å². The van der Waals surface area contributed by atoms with Crippen molar-refractivity contribution in [2.24, 2.45) is 17.6 Å². The molecule has 4 N–H and O–H groups in total. The molecule has 0 bridgehead atoms. The molecule has 4 atom stereocenters. The molecule has 2 aromatic carbocycles. The molecular formula is C28H37N4O4S+. The highest BCUT2D eigenvalue weighted by Gasteiger charge is 2.58. The Morgan fingerprint density at radius 1 is 1.27 bits per heavy atom. The van der Waals surface area contributed by atoms with E-state index in [1.165, 1.54) is 22.2 Å². The molecule has 198 valence electrons. The number of amidine groups is 1. The van der Waals surface area contributed by atoms with Crippen LogP contribution in [0, 0.1) is 17.2 Å². The van der Waals surface area contributed by atoms with Crippen molar-refractivity contribution in [3.63, 3.8) is 0 Å². The van der Waals surface area contributed by atoms with Crippen LogP contribution in [0.4, 0.5) is 0 Å². The van der Waals surface area contributed by atoms with E-state index in [0.29, 0.717) is 5.70 Å². The molecule has 4 rings (SSSR count). The third kappa shape index (κ3) is 5.39. The van der Waals surface area contributed by atoms with Crippen LogP contribution in [-0.4, -0.2) is 77.0 Å². The van der Waals surface area contributed by atoms with Gasteiger partial charge in [0.25, 0.3) is 0 Å². The molecule has 0 saturated carbocycles. The summed E-state index contributed by atoms with van der Waals surface area (Å²) in [5.74, 6) is 0.829. The highest BCUT2D eigenvalue weighted by Crippen LogP contribution is 2.46. The lowest BCUT2D eigenvalue weighted by molar-refractivity contribution is -0.903. The van der Waals surface area contributed by atoms with Crippen LogP contribution in [-0.2, 0) is 16.1 Å². The van der Waals surface area contributed by atoms with Crippen LogP contribution in [0.15, 0.2) is 47.7 Å². The molecule has 1 fully saturated rings. The van der Waals surface area contributed by atoms with Crippen LogP contribution in [0.2, 0.25) is 0 Å². The molecule has 2 aliphatic rings. The van der Waals surface area contributed by atoms with Crippen molar-refractivity contribution >= 4 is 39.9 Å². The highest BCUT2D eigenvalue weighted by molar-refractivity contribution is 8.13. The van der Waals surface area contributed by atoms with Crippen molar-refractivity contribution in [1.29, 1.82) is 5.41 Å². The Balaban J connectivity index is 1.51. The van der Waals surface area contributed by atoms with Crippen LogP contribution in [0.1, 0.15) is 25.8 Å². The first-order chi connectivity index (χ1) is 17.6. The van der Waals surface area contributed by atoms with Gasteiger partial charge in [-0.15, -0.1) is 0 Å². The van der Waals surface area contributed by atoms with Gasteiger partial charge in [-0.2, -0.15) is 0 Å². The summed E-state index contributed by atoms with van der Waals surface area (Å²) >= 11 is 1.38. The fraction of sp³-hybridized carbons (Fsp3) is 0.464. The summed E-state index contributed by atoms with van der Waals surface area (Å²) in [5, 5.41) is 19.7. The molecule has 9 heteroatoms. The normalized spacial score (nSPS) is 22.1. The van der Waals surface area contributed by atoms with E-state index in [-0.39, 0.29) is 29.6 Å². The van der Waals surface area contributed by atoms with E-state index in [2.05, 4.69) is 26.2 Å². The number of ether oxygens (including phenoxy) is 1. The summed E-state index contributed by atoms with van der Waals surface area (Å²) in [6, 6.07) is 12.1. The molecule has 8 nitrogen and oxygen atoms in total. The number of aldehydes is 1. The predicted molar refractivity (Wildman–Crippen MR) is 147 cm³/mol. The Hall–Kier alpha value is -2.88. The molecule has 0 radical (unpaired) electrons. The number of carbonyl (C=O) groups is 2. The van der Waals surface area contributed by atoms with Gasteiger partial charge in [-0.05, 0) is 23.9 Å². The molecule has 37 heavy (non-hydrogen) atoms. The molecule has 1 saturated heterocycles. The third-order valence-electron chi connectivity index (χ3n) is 7.59. The van der Waals surface area contributed by atoms with Crippen molar-refractivity contribution in [2.75, 3.05) is 33.0 Å². The number of carbonyl (C=O) groups excluding carboxylic acids is 2. The number of nitrogens with two attached hydrogens (primary N) is 1. The first kappa shape index (κ1) is 27.2. The molecule has 2 aliphatic heterocycles. The number of β-lactam (4-membered cyclic amide) rings is 1. The fourth-order valence-corrected chi connectivity index (χ4v) is 6.24. The predicted octanol–water partition coefficient (Wildman–Crippen LogP) is 3.12. The summed E-state index contributed by atoms with van der Waals surface area (Å²) in [7, 11) is 4.41. The lowest BCUT2D eigenvalue weighted by Crippen LogP contribution is -2.63. The van der Waals surface area contributed by atoms with Crippen molar-refractivity contribution in [3.05, 3.63) is 53.2 Å². The first-order valence-electron chi connectivity index (χ1n) is 12.7. The molecule has 0 spiro atoms. The zero-order chi connectivity index (χ0) is 26.9. The van der Waals surface area contributed by atoms with Gasteiger partial charge in [-0.3, -0.25) is 15.0 Å². The molecule has 0 aromatic heterocycles. The Kier molecular flexibility index (Phi) is 7.96. The van der Waals surface area contributed by atoms with Crippen molar-refractivity contribution in [1.82, 2.24) is 4.90 Å². The topological polar surface area (TPSA) is 117 Å². The lowest BCUT2D eigenvalue weighted by Gasteiger charge is -2.46. The maximum atomic E-state index is 12.6. The summed E-state index contributed by atoms with van der Waals surface area (Å²) < 4.78 is 7.10. The van der Waals surface area contributed by atoms with Crippen LogP contribution >= 0.6 is 11.8 Å². The average Bonchev–Trinajstić information content (AvgIpc) is 3.07. The average molecular weight is 526 g/mol. The summed E-state index contributed by atoms with van der Waals surface area (Å²) in [6.45, 7) is 5.64. The van der Waals surface area contributed by atoms with E-state index in [1.807, 2.05) is 31.2 Å². The van der Waals surface area contributed by atoms with Crippen LogP contribution in [0.25, 0.3) is 10.8 Å². The second kappa shape index (κ2) is 10.8. The Morgan fingerprint density at radius 2 is 1.97 bits per heavy atom. The number of nitrogens with one attached hydrogen (secondary N) is 1. The Bertz CT molecular complexity index is 1240. The van der Waals surface area contributed by atoms with Crippen molar-refractivity contribution in [2.45, 2.75) is 39.0 Å². The molecular weight excluding hydrogens is 488 g/mol. The zero-order valence-electron chi connectivity index (χ0n) is 21.9. The second-order valence-corrected chi connectivity index (χ2v) is 11.9. The number of hydrogen-bond donors (Lipinski definition) is 3. The van der Waals surface area contributed by atoms with E-state index in [1.54, 1.807) is 6.92 Å². The minimum atomic E-state index is -0.753. The van der Waals surface area contributed by atoms with Gasteiger partial charge in [-0.25, -0.2) is 0 Å². The molecule has 1 amide bonds. The van der Waals surface area contributed by atoms with E-state index in [0.717, 1.165) is 58.1 Å². The van der Waals surface area contributed by atoms with Gasteiger partial charge in [0.05, 0.1) is 44.4 Å². The molecule has 1 unspecified atom stereocenters. The number of fused-ring (bicyclic) bond motifs is 2. The molecule has 2 aromatic rings. The Labute approximate surface area is 222 Å². The number of aliphatic hydroxyl groups excluding tert-OH is 1. The number of hydrogen-bond acceptors (Lipinski definition) is 6. The van der Waals surface area contributed by atoms with Crippen molar-refractivity contribution < 1.29 is 23.9 Å². The van der Waals surface area contributed by atoms with Crippen LogP contribution in [0.3, 0.4) is 0 Å². The van der Waals surface area contributed by atoms with Gasteiger partial charge in [0.1, 0.15) is 18.9 Å². The zero-order valence-corrected chi connectivity index (χ0v) is 22.8. The fourth-order valence-electron chi connectivity index (χ4n) is 5.75. The quantitative estimate of drug-likeness (QED) is 0.104. The number of quaternary nitrogens is 1. The number of amides is 1. The van der Waals surface area contributed by atoms with Gasteiger partial charge >= 0.3 is 0 Å². The summed E-state index contributed by atoms with van der Waals surface area (Å²) in [5.41, 5.74) is 7.85. The van der Waals surface area contributed by atoms with Gasteiger partial charge in [0, 0.05) is 29.0 Å². The highest BCUT2D eigenvalue weighted by atomic mass is 32.2. The number of allylic oxidation sites excluding steroid dienone is 1. The standard InChI is InChI=1S/C28H37N4O4S/c1-17-22(23(15-33)31-26(17)25(18(2)34)27(31)35)16-36-24-11-6-9-20-19(8-5-10-21(20)24)14-32(3,4)12-7-13-37-28(29)30/h5-6,8-11,15,17-18,25-26,34H,7,12-14,16H2,1-4H3,(H3,29,30)/q+1/t17-,18+,25+,26?/m0/s1. The van der Waals surface area contributed by atoms with Gasteiger partial charge < -0.3 is 25.0 Å². The van der Waals surface area contributed by atoms with E-state index < -0.39 is 12.0 Å².